The number of carbonyl (C=O) groups excluding carboxylic acids is 2. The molecule has 1 aromatic heterocycles. The Bertz CT molecular complexity index is 1640. The zero-order valence-corrected chi connectivity index (χ0v) is 23.3. The van der Waals surface area contributed by atoms with E-state index in [1.807, 2.05) is 29.6 Å². The van der Waals surface area contributed by atoms with Crippen LogP contribution in [0.4, 0.5) is 10.8 Å². The van der Waals surface area contributed by atoms with Gasteiger partial charge in [0.05, 0.1) is 16.2 Å². The van der Waals surface area contributed by atoms with Gasteiger partial charge in [-0.2, -0.15) is 0 Å². The molecule has 0 saturated carbocycles. The van der Waals surface area contributed by atoms with E-state index in [1.54, 1.807) is 0 Å². The van der Waals surface area contributed by atoms with Crippen molar-refractivity contribution in [3.63, 3.8) is 0 Å². The van der Waals surface area contributed by atoms with Gasteiger partial charge in [-0.15, -0.1) is 11.3 Å². The summed E-state index contributed by atoms with van der Waals surface area (Å²) in [6, 6.07) is 17.6. The quantitative estimate of drug-likeness (QED) is 0.262. The topological polar surface area (TPSA) is 133 Å². The number of anilines is 2. The lowest BCUT2D eigenvalue weighted by atomic mass is 10.2. The van der Waals surface area contributed by atoms with Crippen molar-refractivity contribution in [3.05, 3.63) is 82.1 Å². The number of halogens is 1. The molecule has 0 atom stereocenters. The van der Waals surface area contributed by atoms with E-state index in [0.717, 1.165) is 10.0 Å². The summed E-state index contributed by atoms with van der Waals surface area (Å²) in [7, 11) is -3.91. The Hall–Kier alpha value is -3.94. The summed E-state index contributed by atoms with van der Waals surface area (Å²) >= 11 is 4.67. The van der Waals surface area contributed by atoms with Crippen LogP contribution in [0.15, 0.2) is 81.5 Å². The first kappa shape index (κ1) is 26.7. The first-order valence-electron chi connectivity index (χ1n) is 11.5. The molecule has 1 aliphatic heterocycles. The van der Waals surface area contributed by atoms with Crippen molar-refractivity contribution in [2.24, 2.45) is 0 Å². The van der Waals surface area contributed by atoms with E-state index in [9.17, 15) is 18.0 Å². The van der Waals surface area contributed by atoms with Crippen LogP contribution in [0.2, 0.25) is 0 Å². The molecule has 4 aromatic rings. The number of rotatable bonds is 8. The van der Waals surface area contributed by atoms with Crippen molar-refractivity contribution in [2.75, 3.05) is 29.9 Å². The number of benzene rings is 3. The summed E-state index contributed by atoms with van der Waals surface area (Å²) in [5.74, 6) is -0.442. The predicted octanol–water partition coefficient (Wildman–Crippen LogP) is 4.94. The Morgan fingerprint density at radius 1 is 1.00 bits per heavy atom. The van der Waals surface area contributed by atoms with Gasteiger partial charge in [-0.1, -0.05) is 28.1 Å². The van der Waals surface area contributed by atoms with Gasteiger partial charge < -0.3 is 14.2 Å². The molecular weight excluding hydrogens is 610 g/mol. The van der Waals surface area contributed by atoms with Gasteiger partial charge in [-0.25, -0.2) is 18.2 Å². The molecule has 0 fully saturated rings. The Morgan fingerprint density at radius 3 is 2.54 bits per heavy atom. The van der Waals surface area contributed by atoms with Crippen molar-refractivity contribution in [1.82, 2.24) is 4.98 Å². The minimum absolute atomic E-state index is 0.00485. The van der Waals surface area contributed by atoms with Crippen LogP contribution >= 0.6 is 27.3 Å². The number of thiazole rings is 1. The molecule has 0 radical (unpaired) electrons. The smallest absolute Gasteiger partial charge is 0.338 e. The van der Waals surface area contributed by atoms with Crippen LogP contribution in [0, 0.1) is 0 Å². The number of carbonyl (C=O) groups is 2. The number of hydrogen-bond acceptors (Lipinski definition) is 9. The number of hydrogen-bond donors (Lipinski definition) is 2. The van der Waals surface area contributed by atoms with Crippen LogP contribution in [-0.4, -0.2) is 45.1 Å². The molecule has 39 heavy (non-hydrogen) atoms. The second kappa shape index (κ2) is 11.4. The fourth-order valence-corrected chi connectivity index (χ4v) is 5.77. The van der Waals surface area contributed by atoms with Gasteiger partial charge in [0.25, 0.3) is 15.9 Å². The van der Waals surface area contributed by atoms with E-state index in [4.69, 9.17) is 14.2 Å². The maximum atomic E-state index is 12.8. The zero-order chi connectivity index (χ0) is 27.4. The third kappa shape index (κ3) is 6.56. The normalized spacial score (nSPS) is 12.4. The average molecular weight is 630 g/mol. The molecule has 1 aliphatic rings. The summed E-state index contributed by atoms with van der Waals surface area (Å²) in [4.78, 5) is 29.0. The Balaban J connectivity index is 1.14. The second-order valence-corrected chi connectivity index (χ2v) is 11.6. The molecule has 0 saturated heterocycles. The summed E-state index contributed by atoms with van der Waals surface area (Å²) in [6.45, 7) is 0.224. The lowest BCUT2D eigenvalue weighted by Gasteiger charge is -2.19. The molecule has 3 aromatic carbocycles. The van der Waals surface area contributed by atoms with Gasteiger partial charge in [0.1, 0.15) is 13.2 Å². The molecule has 2 N–H and O–H groups in total. The van der Waals surface area contributed by atoms with Crippen LogP contribution in [-0.2, 0) is 19.6 Å². The summed E-state index contributed by atoms with van der Waals surface area (Å²) in [5.41, 5.74) is 1.99. The summed E-state index contributed by atoms with van der Waals surface area (Å²) in [6.07, 6.45) is 0. The molecule has 0 unspecified atom stereocenters. The maximum Gasteiger partial charge on any atom is 0.338 e. The van der Waals surface area contributed by atoms with E-state index in [1.165, 1.54) is 53.8 Å². The lowest BCUT2D eigenvalue weighted by Crippen LogP contribution is -2.21. The van der Waals surface area contributed by atoms with E-state index < -0.39 is 28.5 Å². The minimum atomic E-state index is -3.91. The van der Waals surface area contributed by atoms with Crippen LogP contribution < -0.4 is 19.5 Å². The SMILES string of the molecule is O=C(COC(=O)c1ccc(NS(=O)(=O)c2ccc3c(c2)OCCO3)cc1)Nc1nc(-c2cccc(Br)c2)cs1. The van der Waals surface area contributed by atoms with Gasteiger partial charge >= 0.3 is 5.97 Å². The van der Waals surface area contributed by atoms with Gasteiger partial charge in [-0.05, 0) is 48.5 Å². The number of nitrogens with zero attached hydrogens (tertiary/aromatic N) is 1. The number of esters is 1. The largest absolute Gasteiger partial charge is 0.486 e. The molecular formula is C26H20BrN3O7S2. The number of aromatic nitrogens is 1. The molecule has 0 bridgehead atoms. The summed E-state index contributed by atoms with van der Waals surface area (Å²) in [5, 5.41) is 4.80. The molecule has 2 heterocycles. The van der Waals surface area contributed by atoms with E-state index in [0.29, 0.717) is 35.5 Å². The Morgan fingerprint density at radius 2 is 1.77 bits per heavy atom. The third-order valence-corrected chi connectivity index (χ3v) is 8.03. The van der Waals surface area contributed by atoms with Gasteiger partial charge in [0.15, 0.2) is 23.2 Å². The number of sulfonamides is 1. The fraction of sp³-hybridized carbons (Fsp3) is 0.115. The van der Waals surface area contributed by atoms with E-state index in [2.05, 4.69) is 31.0 Å². The molecule has 0 aliphatic carbocycles. The van der Waals surface area contributed by atoms with Crippen LogP contribution in [0.25, 0.3) is 11.3 Å². The van der Waals surface area contributed by atoms with Gasteiger partial charge in [0, 0.05) is 27.2 Å². The van der Waals surface area contributed by atoms with Crippen molar-refractivity contribution in [1.29, 1.82) is 0 Å². The highest BCUT2D eigenvalue weighted by molar-refractivity contribution is 9.10. The zero-order valence-electron chi connectivity index (χ0n) is 20.0. The Kier molecular flexibility index (Phi) is 7.82. The minimum Gasteiger partial charge on any atom is -0.486 e. The summed E-state index contributed by atoms with van der Waals surface area (Å²) < 4.78 is 44.9. The van der Waals surface area contributed by atoms with Crippen LogP contribution in [0.1, 0.15) is 10.4 Å². The standard InChI is InChI=1S/C26H20BrN3O7S2/c27-18-3-1-2-17(12-18)21-15-38-26(28-21)29-24(31)14-37-25(32)16-4-6-19(7-5-16)30-39(33,34)20-8-9-22-23(13-20)36-11-10-35-22/h1-9,12-13,15,30H,10-11,14H2,(H,28,29,31). The van der Waals surface area contributed by atoms with Gasteiger partial charge in [-0.3, -0.25) is 14.8 Å². The van der Waals surface area contributed by atoms with Gasteiger partial charge in [0.2, 0.25) is 0 Å². The average Bonchev–Trinajstić information content (AvgIpc) is 3.40. The Labute approximate surface area is 236 Å². The first-order chi connectivity index (χ1) is 18.8. The molecule has 10 nitrogen and oxygen atoms in total. The van der Waals surface area contributed by atoms with E-state index >= 15 is 0 Å². The monoisotopic (exact) mass is 629 g/mol. The predicted molar refractivity (Wildman–Crippen MR) is 149 cm³/mol. The van der Waals surface area contributed by atoms with Crippen molar-refractivity contribution in [3.8, 4) is 22.8 Å². The fourth-order valence-electron chi connectivity index (χ4n) is 3.56. The highest BCUT2D eigenvalue weighted by atomic mass is 79.9. The molecule has 0 spiro atoms. The van der Waals surface area contributed by atoms with Crippen molar-refractivity contribution in [2.45, 2.75) is 4.90 Å². The van der Waals surface area contributed by atoms with Crippen LogP contribution in [0.3, 0.4) is 0 Å². The van der Waals surface area contributed by atoms with Crippen molar-refractivity contribution < 1.29 is 32.2 Å². The molecule has 200 valence electrons. The first-order valence-corrected chi connectivity index (χ1v) is 14.6. The lowest BCUT2D eigenvalue weighted by molar-refractivity contribution is -0.119. The second-order valence-electron chi connectivity index (χ2n) is 8.16. The highest BCUT2D eigenvalue weighted by Gasteiger charge is 2.20. The maximum absolute atomic E-state index is 12.8. The number of nitrogens with one attached hydrogen (secondary N) is 2. The number of amides is 1. The highest BCUT2D eigenvalue weighted by Crippen LogP contribution is 2.33. The van der Waals surface area contributed by atoms with Crippen molar-refractivity contribution >= 4 is 60.0 Å². The number of ether oxygens (including phenoxy) is 3. The third-order valence-electron chi connectivity index (χ3n) is 5.40. The van der Waals surface area contributed by atoms with Crippen LogP contribution in [0.5, 0.6) is 11.5 Å². The molecule has 1 amide bonds. The number of fused-ring (bicyclic) bond motifs is 1. The van der Waals surface area contributed by atoms with E-state index in [-0.39, 0.29) is 16.1 Å². The molecule has 5 rings (SSSR count). The molecule has 13 heteroatoms.